The molecule has 0 aliphatic rings. The Hall–Kier alpha value is -1.05. The first kappa shape index (κ1) is 20.9. The molecule has 0 aliphatic carbocycles. The summed E-state index contributed by atoms with van der Waals surface area (Å²) in [7, 11) is 0. The summed E-state index contributed by atoms with van der Waals surface area (Å²) in [5, 5.41) is 0. The van der Waals surface area contributed by atoms with Crippen LogP contribution in [0.4, 0.5) is 0 Å². The fraction of sp³-hybridized carbons (Fsp3) is 0.750. The maximum absolute atomic E-state index is 10.8. The number of hydrogen-bond donors (Lipinski definition) is 1. The van der Waals surface area contributed by atoms with Crippen molar-refractivity contribution in [3.8, 4) is 0 Å². The number of carbonyl (C=O) groups excluding carboxylic acids is 1. The van der Waals surface area contributed by atoms with Crippen LogP contribution in [0, 0.1) is 0 Å². The lowest BCUT2D eigenvalue weighted by atomic mass is 10.0. The molecule has 0 rings (SSSR count). The van der Waals surface area contributed by atoms with Crippen LogP contribution in [0.2, 0.25) is 0 Å². The molecule has 0 heterocycles. The van der Waals surface area contributed by atoms with Gasteiger partial charge in [0.2, 0.25) is 5.91 Å². The lowest BCUT2D eigenvalue weighted by molar-refractivity contribution is -0.114. The normalized spacial score (nSPS) is 12.2. The van der Waals surface area contributed by atoms with Crippen molar-refractivity contribution in [1.82, 2.24) is 0 Å². The monoisotopic (exact) mass is 307 g/mol. The van der Waals surface area contributed by atoms with Crippen LogP contribution in [0.25, 0.3) is 0 Å². The van der Waals surface area contributed by atoms with Crippen LogP contribution in [0.5, 0.6) is 0 Å². The summed E-state index contributed by atoms with van der Waals surface area (Å²) in [6.07, 6.45) is 23.6. The van der Waals surface area contributed by atoms with Crippen LogP contribution in [0.1, 0.15) is 97.3 Å². The SMILES string of the molecule is CCCCCCCCCCCCCC/C=C/C=C(\C)C(N)=O. The van der Waals surface area contributed by atoms with Crippen molar-refractivity contribution in [3.05, 3.63) is 23.8 Å². The molecule has 0 aromatic heterocycles. The van der Waals surface area contributed by atoms with E-state index in [9.17, 15) is 4.79 Å². The van der Waals surface area contributed by atoms with Crippen LogP contribution in [0.3, 0.4) is 0 Å². The molecule has 0 saturated carbocycles. The number of rotatable bonds is 15. The number of allylic oxidation sites excluding steroid dienone is 3. The number of primary amides is 1. The van der Waals surface area contributed by atoms with E-state index in [0.29, 0.717) is 5.57 Å². The van der Waals surface area contributed by atoms with Crippen molar-refractivity contribution in [1.29, 1.82) is 0 Å². The van der Waals surface area contributed by atoms with E-state index in [2.05, 4.69) is 13.0 Å². The van der Waals surface area contributed by atoms with Gasteiger partial charge in [0.15, 0.2) is 0 Å². The summed E-state index contributed by atoms with van der Waals surface area (Å²) in [6, 6.07) is 0. The number of hydrogen-bond acceptors (Lipinski definition) is 1. The molecular weight excluding hydrogens is 270 g/mol. The van der Waals surface area contributed by atoms with E-state index in [1.165, 1.54) is 77.0 Å². The molecule has 0 spiro atoms. The Balaban J connectivity index is 3.22. The van der Waals surface area contributed by atoms with Crippen LogP contribution in [-0.2, 0) is 4.79 Å². The van der Waals surface area contributed by atoms with Gasteiger partial charge < -0.3 is 5.73 Å². The fourth-order valence-electron chi connectivity index (χ4n) is 2.49. The molecule has 0 aromatic rings. The van der Waals surface area contributed by atoms with Crippen molar-refractivity contribution < 1.29 is 4.79 Å². The summed E-state index contributed by atoms with van der Waals surface area (Å²) in [6.45, 7) is 4.02. The minimum Gasteiger partial charge on any atom is -0.366 e. The molecule has 128 valence electrons. The van der Waals surface area contributed by atoms with Gasteiger partial charge in [-0.3, -0.25) is 4.79 Å². The van der Waals surface area contributed by atoms with Crippen LogP contribution in [0.15, 0.2) is 23.8 Å². The highest BCUT2D eigenvalue weighted by Gasteiger charge is 1.94. The van der Waals surface area contributed by atoms with Gasteiger partial charge in [0, 0.05) is 5.57 Å². The Labute approximate surface area is 138 Å². The predicted molar refractivity (Wildman–Crippen MR) is 97.8 cm³/mol. The Morgan fingerprint density at radius 3 is 1.73 bits per heavy atom. The topological polar surface area (TPSA) is 43.1 Å². The molecule has 0 unspecified atom stereocenters. The predicted octanol–water partition coefficient (Wildman–Crippen LogP) is 6.07. The van der Waals surface area contributed by atoms with Crippen molar-refractivity contribution in [3.63, 3.8) is 0 Å². The molecule has 0 radical (unpaired) electrons. The van der Waals surface area contributed by atoms with Gasteiger partial charge in [-0.25, -0.2) is 0 Å². The van der Waals surface area contributed by atoms with Gasteiger partial charge in [-0.1, -0.05) is 95.8 Å². The summed E-state index contributed by atoms with van der Waals surface area (Å²) in [4.78, 5) is 10.8. The zero-order valence-electron chi connectivity index (χ0n) is 14.9. The lowest BCUT2D eigenvalue weighted by Crippen LogP contribution is -2.11. The quantitative estimate of drug-likeness (QED) is 0.223. The molecule has 0 aliphatic heterocycles. The lowest BCUT2D eigenvalue weighted by Gasteiger charge is -2.02. The van der Waals surface area contributed by atoms with Gasteiger partial charge in [0.1, 0.15) is 0 Å². The van der Waals surface area contributed by atoms with Crippen LogP contribution >= 0.6 is 0 Å². The molecule has 22 heavy (non-hydrogen) atoms. The molecule has 1 amide bonds. The molecule has 0 aromatic carbocycles. The summed E-state index contributed by atoms with van der Waals surface area (Å²) in [5.74, 6) is -0.338. The maximum Gasteiger partial charge on any atom is 0.244 e. The number of amides is 1. The third-order valence-electron chi connectivity index (χ3n) is 4.10. The average Bonchev–Trinajstić information content (AvgIpc) is 2.50. The van der Waals surface area contributed by atoms with Gasteiger partial charge in [-0.05, 0) is 19.8 Å². The van der Waals surface area contributed by atoms with Gasteiger partial charge >= 0.3 is 0 Å². The van der Waals surface area contributed by atoms with Crippen LogP contribution < -0.4 is 5.73 Å². The second-order valence-corrected chi connectivity index (χ2v) is 6.32. The van der Waals surface area contributed by atoms with Crippen molar-refractivity contribution in [2.75, 3.05) is 0 Å². The third kappa shape index (κ3) is 15.3. The number of unbranched alkanes of at least 4 members (excludes halogenated alkanes) is 12. The fourth-order valence-corrected chi connectivity index (χ4v) is 2.49. The van der Waals surface area contributed by atoms with E-state index in [-0.39, 0.29) is 5.91 Å². The smallest absolute Gasteiger partial charge is 0.244 e. The summed E-state index contributed by atoms with van der Waals surface area (Å²) in [5.41, 5.74) is 5.77. The number of carbonyl (C=O) groups is 1. The second-order valence-electron chi connectivity index (χ2n) is 6.32. The van der Waals surface area contributed by atoms with Crippen molar-refractivity contribution in [2.45, 2.75) is 97.3 Å². The van der Waals surface area contributed by atoms with Gasteiger partial charge in [-0.15, -0.1) is 0 Å². The molecule has 0 atom stereocenters. The van der Waals surface area contributed by atoms with Crippen molar-refractivity contribution >= 4 is 5.91 Å². The molecule has 2 N–H and O–H groups in total. The van der Waals surface area contributed by atoms with Gasteiger partial charge in [0.25, 0.3) is 0 Å². The summed E-state index contributed by atoms with van der Waals surface area (Å²) < 4.78 is 0. The Morgan fingerprint density at radius 1 is 0.818 bits per heavy atom. The highest BCUT2D eigenvalue weighted by molar-refractivity contribution is 5.91. The van der Waals surface area contributed by atoms with E-state index in [1.54, 1.807) is 13.0 Å². The molecule has 0 bridgehead atoms. The van der Waals surface area contributed by atoms with E-state index < -0.39 is 0 Å². The molecule has 0 saturated heterocycles. The largest absolute Gasteiger partial charge is 0.366 e. The van der Waals surface area contributed by atoms with E-state index in [1.807, 2.05) is 6.08 Å². The summed E-state index contributed by atoms with van der Waals surface area (Å²) >= 11 is 0. The Bertz CT molecular complexity index is 318. The first-order chi connectivity index (χ1) is 10.7. The van der Waals surface area contributed by atoms with Gasteiger partial charge in [0.05, 0.1) is 0 Å². The highest BCUT2D eigenvalue weighted by atomic mass is 16.1. The molecule has 2 nitrogen and oxygen atoms in total. The minimum absolute atomic E-state index is 0.338. The standard InChI is InChI=1S/C20H37NO/c1-3-4-5-6-7-8-9-10-11-12-13-14-15-16-17-18-19(2)20(21)22/h16-18H,3-15H2,1-2H3,(H2,21,22)/b17-16+,19-18+. The van der Waals surface area contributed by atoms with Gasteiger partial charge in [-0.2, -0.15) is 0 Å². The van der Waals surface area contributed by atoms with Crippen molar-refractivity contribution in [2.24, 2.45) is 5.73 Å². The highest BCUT2D eigenvalue weighted by Crippen LogP contribution is 2.12. The minimum atomic E-state index is -0.338. The van der Waals surface area contributed by atoms with E-state index in [0.717, 1.165) is 6.42 Å². The molecule has 2 heteroatoms. The van der Waals surface area contributed by atoms with E-state index >= 15 is 0 Å². The zero-order chi connectivity index (χ0) is 16.5. The zero-order valence-corrected chi connectivity index (χ0v) is 14.9. The first-order valence-corrected chi connectivity index (χ1v) is 9.31. The Morgan fingerprint density at radius 2 is 1.27 bits per heavy atom. The third-order valence-corrected chi connectivity index (χ3v) is 4.10. The van der Waals surface area contributed by atoms with E-state index in [4.69, 9.17) is 5.73 Å². The molecular formula is C20H37NO. The maximum atomic E-state index is 10.8. The molecule has 0 fully saturated rings. The second kappa shape index (κ2) is 16.3. The first-order valence-electron chi connectivity index (χ1n) is 9.31. The van der Waals surface area contributed by atoms with Crippen LogP contribution in [-0.4, -0.2) is 5.91 Å². The Kier molecular flexibility index (Phi) is 15.5. The average molecular weight is 308 g/mol. The number of nitrogens with two attached hydrogens (primary N) is 1.